The fraction of sp³-hybridized carbons (Fsp3) is 0.357. The first-order valence-corrected chi connectivity index (χ1v) is 6.18. The van der Waals surface area contributed by atoms with Crippen LogP contribution in [0.4, 0.5) is 5.69 Å². The summed E-state index contributed by atoms with van der Waals surface area (Å²) in [6, 6.07) is 8.49. The summed E-state index contributed by atoms with van der Waals surface area (Å²) in [5.74, 6) is 1.20. The van der Waals surface area contributed by atoms with Gasteiger partial charge in [0, 0.05) is 29.9 Å². The van der Waals surface area contributed by atoms with Crippen molar-refractivity contribution in [1.82, 2.24) is 9.55 Å². The van der Waals surface area contributed by atoms with Crippen molar-refractivity contribution < 1.29 is 0 Å². The highest BCUT2D eigenvalue weighted by Gasteiger charge is 2.18. The second kappa shape index (κ2) is 3.91. The van der Waals surface area contributed by atoms with Crippen molar-refractivity contribution in [2.24, 2.45) is 0 Å². The average Bonchev–Trinajstić information content (AvgIpc) is 2.75. The lowest BCUT2D eigenvalue weighted by Crippen LogP contribution is -2.14. The zero-order valence-corrected chi connectivity index (χ0v) is 10.1. The van der Waals surface area contributed by atoms with E-state index in [-0.39, 0.29) is 0 Å². The Balaban J connectivity index is 2.08. The highest BCUT2D eigenvalue weighted by molar-refractivity contribution is 5.73. The molecule has 1 aromatic heterocycles. The molecule has 0 bridgehead atoms. The normalized spacial score (nSPS) is 19.0. The van der Waals surface area contributed by atoms with Crippen LogP contribution in [0.2, 0.25) is 0 Å². The fourth-order valence-electron chi connectivity index (χ4n) is 2.55. The second-order valence-electron chi connectivity index (χ2n) is 4.78. The molecule has 0 amide bonds. The zero-order chi connectivity index (χ0) is 11.8. The van der Waals surface area contributed by atoms with Gasteiger partial charge in [-0.3, -0.25) is 0 Å². The Morgan fingerprint density at radius 1 is 1.35 bits per heavy atom. The molecule has 17 heavy (non-hydrogen) atoms. The standard InChI is InChI=1S/C14H17N3/c1-10-5-4-8-14-16-13(9-17(10)14)11-6-2-3-7-12(11)15/h2-3,6-7,9-10H,4-5,8,15H2,1H3/t10-/m1/s1. The van der Waals surface area contributed by atoms with Crippen molar-refractivity contribution in [3.8, 4) is 11.3 Å². The van der Waals surface area contributed by atoms with E-state index >= 15 is 0 Å². The van der Waals surface area contributed by atoms with E-state index < -0.39 is 0 Å². The third kappa shape index (κ3) is 1.71. The van der Waals surface area contributed by atoms with Gasteiger partial charge in [0.1, 0.15) is 5.82 Å². The number of aromatic nitrogens is 2. The van der Waals surface area contributed by atoms with E-state index in [4.69, 9.17) is 10.7 Å². The number of fused-ring (bicyclic) bond motifs is 1. The third-order valence-electron chi connectivity index (χ3n) is 3.54. The van der Waals surface area contributed by atoms with Crippen LogP contribution in [0.3, 0.4) is 0 Å². The van der Waals surface area contributed by atoms with Crippen molar-refractivity contribution in [2.75, 3.05) is 5.73 Å². The maximum absolute atomic E-state index is 6.00. The number of hydrogen-bond donors (Lipinski definition) is 1. The molecule has 1 atom stereocenters. The molecular formula is C14H17N3. The highest BCUT2D eigenvalue weighted by atomic mass is 15.1. The number of nitrogens with zero attached hydrogens (tertiary/aromatic N) is 2. The minimum atomic E-state index is 0.560. The molecule has 1 aliphatic rings. The lowest BCUT2D eigenvalue weighted by molar-refractivity contribution is 0.426. The summed E-state index contributed by atoms with van der Waals surface area (Å²) < 4.78 is 2.30. The third-order valence-corrected chi connectivity index (χ3v) is 3.54. The Morgan fingerprint density at radius 3 is 2.94 bits per heavy atom. The Morgan fingerprint density at radius 2 is 2.18 bits per heavy atom. The smallest absolute Gasteiger partial charge is 0.109 e. The summed E-state index contributed by atoms with van der Waals surface area (Å²) in [6.07, 6.45) is 5.71. The van der Waals surface area contributed by atoms with Crippen molar-refractivity contribution in [1.29, 1.82) is 0 Å². The van der Waals surface area contributed by atoms with Gasteiger partial charge in [-0.05, 0) is 25.8 Å². The predicted octanol–water partition coefficient (Wildman–Crippen LogP) is 3.03. The molecule has 1 aliphatic heterocycles. The molecule has 0 saturated heterocycles. The SMILES string of the molecule is C[C@@H]1CCCc2nc(-c3ccccc3N)cn21. The Bertz CT molecular complexity index is 542. The van der Waals surface area contributed by atoms with Gasteiger partial charge in [-0.15, -0.1) is 0 Å². The van der Waals surface area contributed by atoms with Gasteiger partial charge >= 0.3 is 0 Å². The van der Waals surface area contributed by atoms with Crippen molar-refractivity contribution in [3.63, 3.8) is 0 Å². The molecule has 2 N–H and O–H groups in total. The largest absolute Gasteiger partial charge is 0.398 e. The minimum Gasteiger partial charge on any atom is -0.398 e. The number of anilines is 1. The van der Waals surface area contributed by atoms with Crippen LogP contribution in [0.1, 0.15) is 31.6 Å². The maximum Gasteiger partial charge on any atom is 0.109 e. The van der Waals surface area contributed by atoms with Crippen LogP contribution in [-0.2, 0) is 6.42 Å². The molecule has 0 fully saturated rings. The topological polar surface area (TPSA) is 43.8 Å². The average molecular weight is 227 g/mol. The number of nitrogens with two attached hydrogens (primary N) is 1. The first-order valence-electron chi connectivity index (χ1n) is 6.18. The first-order chi connectivity index (χ1) is 8.25. The molecule has 1 aromatic carbocycles. The van der Waals surface area contributed by atoms with E-state index in [9.17, 15) is 0 Å². The van der Waals surface area contributed by atoms with Gasteiger partial charge in [0.2, 0.25) is 0 Å². The highest BCUT2D eigenvalue weighted by Crippen LogP contribution is 2.30. The van der Waals surface area contributed by atoms with E-state index in [1.165, 1.54) is 18.7 Å². The lowest BCUT2D eigenvalue weighted by atomic mass is 10.1. The molecule has 2 aromatic rings. The van der Waals surface area contributed by atoms with E-state index in [2.05, 4.69) is 17.7 Å². The monoisotopic (exact) mass is 227 g/mol. The molecule has 3 rings (SSSR count). The van der Waals surface area contributed by atoms with Crippen LogP contribution < -0.4 is 5.73 Å². The van der Waals surface area contributed by atoms with Crippen LogP contribution in [-0.4, -0.2) is 9.55 Å². The number of hydrogen-bond acceptors (Lipinski definition) is 2. The molecule has 0 aliphatic carbocycles. The predicted molar refractivity (Wildman–Crippen MR) is 69.7 cm³/mol. The number of rotatable bonds is 1. The summed E-state index contributed by atoms with van der Waals surface area (Å²) in [6.45, 7) is 2.25. The van der Waals surface area contributed by atoms with Gasteiger partial charge in [-0.25, -0.2) is 4.98 Å². The molecule has 0 spiro atoms. The summed E-state index contributed by atoms with van der Waals surface area (Å²) >= 11 is 0. The number of aryl methyl sites for hydroxylation is 1. The van der Waals surface area contributed by atoms with E-state index in [1.54, 1.807) is 0 Å². The van der Waals surface area contributed by atoms with Crippen molar-refractivity contribution in [3.05, 3.63) is 36.3 Å². The number of para-hydroxylation sites is 1. The minimum absolute atomic E-state index is 0.560. The van der Waals surface area contributed by atoms with E-state index in [0.717, 1.165) is 23.4 Å². The molecule has 3 heteroatoms. The first kappa shape index (κ1) is 10.4. The molecular weight excluding hydrogens is 210 g/mol. The van der Waals surface area contributed by atoms with Gasteiger partial charge in [-0.2, -0.15) is 0 Å². The molecule has 0 unspecified atom stereocenters. The van der Waals surface area contributed by atoms with Crippen LogP contribution in [0.25, 0.3) is 11.3 Å². The van der Waals surface area contributed by atoms with Gasteiger partial charge in [0.15, 0.2) is 0 Å². The number of benzene rings is 1. The maximum atomic E-state index is 6.00. The Kier molecular flexibility index (Phi) is 2.39. The van der Waals surface area contributed by atoms with Gasteiger partial charge < -0.3 is 10.3 Å². The summed E-state index contributed by atoms with van der Waals surface area (Å²) in [5, 5.41) is 0. The van der Waals surface area contributed by atoms with Crippen LogP contribution in [0.15, 0.2) is 30.5 Å². The Hall–Kier alpha value is -1.77. The second-order valence-corrected chi connectivity index (χ2v) is 4.78. The Labute approximate surface area is 101 Å². The van der Waals surface area contributed by atoms with Gasteiger partial charge in [-0.1, -0.05) is 18.2 Å². The van der Waals surface area contributed by atoms with Gasteiger partial charge in [0.25, 0.3) is 0 Å². The summed E-state index contributed by atoms with van der Waals surface area (Å²) in [5.41, 5.74) is 8.85. The molecule has 2 heterocycles. The molecule has 3 nitrogen and oxygen atoms in total. The number of nitrogen functional groups attached to an aromatic ring is 1. The summed E-state index contributed by atoms with van der Waals surface area (Å²) in [7, 11) is 0. The van der Waals surface area contributed by atoms with Crippen molar-refractivity contribution in [2.45, 2.75) is 32.2 Å². The van der Waals surface area contributed by atoms with Crippen LogP contribution >= 0.6 is 0 Å². The van der Waals surface area contributed by atoms with Crippen LogP contribution in [0.5, 0.6) is 0 Å². The fourth-order valence-corrected chi connectivity index (χ4v) is 2.55. The van der Waals surface area contributed by atoms with Crippen LogP contribution in [0, 0.1) is 0 Å². The lowest BCUT2D eigenvalue weighted by Gasteiger charge is -2.20. The van der Waals surface area contributed by atoms with E-state index in [1.807, 2.05) is 24.3 Å². The van der Waals surface area contributed by atoms with Gasteiger partial charge in [0.05, 0.1) is 5.69 Å². The molecule has 0 saturated carbocycles. The number of imidazole rings is 1. The quantitative estimate of drug-likeness (QED) is 0.761. The molecule has 0 radical (unpaired) electrons. The van der Waals surface area contributed by atoms with E-state index in [0.29, 0.717) is 6.04 Å². The summed E-state index contributed by atoms with van der Waals surface area (Å²) in [4.78, 5) is 4.72. The zero-order valence-electron chi connectivity index (χ0n) is 10.1. The van der Waals surface area contributed by atoms with Crippen molar-refractivity contribution >= 4 is 5.69 Å². The molecule has 88 valence electrons.